The lowest BCUT2D eigenvalue weighted by Crippen LogP contribution is -2.40. The molecule has 0 saturated heterocycles. The highest BCUT2D eigenvalue weighted by atomic mass is 16.5. The molecular weight excluding hydrogens is 254 g/mol. The normalized spacial score (nSPS) is 13.7. The number of aliphatic hydroxyl groups is 1. The van der Waals surface area contributed by atoms with Crippen molar-refractivity contribution in [2.75, 3.05) is 13.2 Å². The molecule has 1 aromatic rings. The Kier molecular flexibility index (Phi) is 6.02. The average molecular weight is 279 g/mol. The Labute approximate surface area is 121 Å². The lowest BCUT2D eigenvalue weighted by molar-refractivity contribution is -0.122. The minimum absolute atomic E-state index is 0.108. The predicted octanol–water partition coefficient (Wildman–Crippen LogP) is 2.35. The van der Waals surface area contributed by atoms with E-state index in [2.05, 4.69) is 11.4 Å². The summed E-state index contributed by atoms with van der Waals surface area (Å²) in [7, 11) is 0. The third-order valence-corrected chi connectivity index (χ3v) is 3.22. The zero-order valence-electron chi connectivity index (χ0n) is 12.8. The molecule has 0 aromatic heterocycles. The van der Waals surface area contributed by atoms with E-state index in [1.54, 1.807) is 6.92 Å². The van der Waals surface area contributed by atoms with E-state index in [0.29, 0.717) is 13.0 Å². The predicted molar refractivity (Wildman–Crippen MR) is 80.0 cm³/mol. The van der Waals surface area contributed by atoms with Crippen LogP contribution in [0.25, 0.3) is 0 Å². The third kappa shape index (κ3) is 6.06. The topological polar surface area (TPSA) is 58.6 Å². The molecule has 1 rings (SSSR count). The van der Waals surface area contributed by atoms with Gasteiger partial charge in [0, 0.05) is 6.54 Å². The van der Waals surface area contributed by atoms with Crippen LogP contribution in [-0.4, -0.2) is 29.8 Å². The van der Waals surface area contributed by atoms with Crippen LogP contribution in [0.4, 0.5) is 0 Å². The van der Waals surface area contributed by atoms with Crippen LogP contribution in [0.15, 0.2) is 18.2 Å². The van der Waals surface area contributed by atoms with Crippen LogP contribution < -0.4 is 10.1 Å². The lowest BCUT2D eigenvalue weighted by atomic mass is 10.0. The Balaban J connectivity index is 2.31. The molecule has 1 aromatic carbocycles. The Bertz CT molecular complexity index is 435. The molecule has 0 fully saturated rings. The molecular formula is C16H25NO3. The van der Waals surface area contributed by atoms with Crippen LogP contribution in [0.3, 0.4) is 0 Å². The monoisotopic (exact) mass is 279 g/mol. The minimum Gasteiger partial charge on any atom is -0.493 e. The highest BCUT2D eigenvalue weighted by molar-refractivity contribution is 5.76. The SMILES string of the molecule is CCC(C)(O)CNC(=O)CCOc1cc(C)cc(C)c1. The van der Waals surface area contributed by atoms with Gasteiger partial charge < -0.3 is 15.2 Å². The summed E-state index contributed by atoms with van der Waals surface area (Å²) in [4.78, 5) is 11.6. The molecule has 0 aliphatic heterocycles. The van der Waals surface area contributed by atoms with Gasteiger partial charge in [0.25, 0.3) is 0 Å². The largest absolute Gasteiger partial charge is 0.493 e. The van der Waals surface area contributed by atoms with E-state index in [0.717, 1.165) is 16.9 Å². The number of ether oxygens (including phenoxy) is 1. The Morgan fingerprint density at radius 3 is 2.45 bits per heavy atom. The molecule has 0 spiro atoms. The molecule has 1 atom stereocenters. The van der Waals surface area contributed by atoms with Gasteiger partial charge in [0.05, 0.1) is 18.6 Å². The molecule has 0 saturated carbocycles. The van der Waals surface area contributed by atoms with E-state index in [9.17, 15) is 9.90 Å². The Morgan fingerprint density at radius 2 is 1.90 bits per heavy atom. The van der Waals surface area contributed by atoms with Crippen LogP contribution in [0.5, 0.6) is 5.75 Å². The van der Waals surface area contributed by atoms with Gasteiger partial charge in [-0.05, 0) is 50.5 Å². The van der Waals surface area contributed by atoms with Crippen molar-refractivity contribution in [3.8, 4) is 5.75 Å². The maximum Gasteiger partial charge on any atom is 0.223 e. The van der Waals surface area contributed by atoms with Crippen molar-refractivity contribution in [1.29, 1.82) is 0 Å². The summed E-state index contributed by atoms with van der Waals surface area (Å²) in [6.45, 7) is 8.22. The van der Waals surface area contributed by atoms with E-state index in [4.69, 9.17) is 4.74 Å². The number of amides is 1. The summed E-state index contributed by atoms with van der Waals surface area (Å²) in [6.07, 6.45) is 0.888. The van der Waals surface area contributed by atoms with Crippen LogP contribution >= 0.6 is 0 Å². The fourth-order valence-electron chi connectivity index (χ4n) is 1.78. The zero-order valence-corrected chi connectivity index (χ0v) is 12.8. The quantitative estimate of drug-likeness (QED) is 0.805. The molecule has 4 nitrogen and oxygen atoms in total. The van der Waals surface area contributed by atoms with Gasteiger partial charge in [-0.2, -0.15) is 0 Å². The Morgan fingerprint density at radius 1 is 1.30 bits per heavy atom. The maximum absolute atomic E-state index is 11.6. The van der Waals surface area contributed by atoms with Crippen molar-refractivity contribution in [3.63, 3.8) is 0 Å². The van der Waals surface area contributed by atoms with E-state index < -0.39 is 5.60 Å². The average Bonchev–Trinajstić information content (AvgIpc) is 2.35. The molecule has 0 aliphatic rings. The van der Waals surface area contributed by atoms with Crippen molar-refractivity contribution in [1.82, 2.24) is 5.32 Å². The number of rotatable bonds is 7. The molecule has 0 heterocycles. The fourth-order valence-corrected chi connectivity index (χ4v) is 1.78. The standard InChI is InChI=1S/C16H25NO3/c1-5-16(4,19)11-17-15(18)6-7-20-14-9-12(2)8-13(3)10-14/h8-10,19H,5-7,11H2,1-4H3,(H,17,18). The van der Waals surface area contributed by atoms with Crippen LogP contribution in [-0.2, 0) is 4.79 Å². The molecule has 20 heavy (non-hydrogen) atoms. The fraction of sp³-hybridized carbons (Fsp3) is 0.562. The second kappa shape index (κ2) is 7.29. The van der Waals surface area contributed by atoms with Crippen molar-refractivity contribution in [2.24, 2.45) is 0 Å². The first-order valence-electron chi connectivity index (χ1n) is 7.02. The summed E-state index contributed by atoms with van der Waals surface area (Å²) < 4.78 is 5.57. The summed E-state index contributed by atoms with van der Waals surface area (Å²) >= 11 is 0. The molecule has 1 unspecified atom stereocenters. The Hall–Kier alpha value is -1.55. The van der Waals surface area contributed by atoms with Gasteiger partial charge in [-0.1, -0.05) is 13.0 Å². The number of carbonyl (C=O) groups excluding carboxylic acids is 1. The van der Waals surface area contributed by atoms with Crippen molar-refractivity contribution in [3.05, 3.63) is 29.3 Å². The van der Waals surface area contributed by atoms with Gasteiger partial charge in [0.15, 0.2) is 0 Å². The first-order valence-corrected chi connectivity index (χ1v) is 7.02. The van der Waals surface area contributed by atoms with Crippen LogP contribution in [0, 0.1) is 13.8 Å². The number of hydrogen-bond donors (Lipinski definition) is 2. The second-order valence-corrected chi connectivity index (χ2v) is 5.55. The van der Waals surface area contributed by atoms with Crippen molar-refractivity contribution in [2.45, 2.75) is 46.1 Å². The summed E-state index contributed by atoms with van der Waals surface area (Å²) in [6, 6.07) is 5.98. The third-order valence-electron chi connectivity index (χ3n) is 3.22. The van der Waals surface area contributed by atoms with E-state index in [-0.39, 0.29) is 18.9 Å². The first-order chi connectivity index (χ1) is 9.32. The lowest BCUT2D eigenvalue weighted by Gasteiger charge is -2.21. The number of carbonyl (C=O) groups is 1. The smallest absolute Gasteiger partial charge is 0.223 e. The second-order valence-electron chi connectivity index (χ2n) is 5.55. The van der Waals surface area contributed by atoms with Gasteiger partial charge in [0.2, 0.25) is 5.91 Å². The van der Waals surface area contributed by atoms with Crippen LogP contribution in [0.2, 0.25) is 0 Å². The summed E-state index contributed by atoms with van der Waals surface area (Å²) in [5.41, 5.74) is 1.44. The number of benzene rings is 1. The number of nitrogens with one attached hydrogen (secondary N) is 1. The van der Waals surface area contributed by atoms with Gasteiger partial charge in [0.1, 0.15) is 5.75 Å². The van der Waals surface area contributed by atoms with Gasteiger partial charge in [-0.15, -0.1) is 0 Å². The highest BCUT2D eigenvalue weighted by Crippen LogP contribution is 2.16. The van der Waals surface area contributed by atoms with Crippen molar-refractivity contribution >= 4 is 5.91 Å². The van der Waals surface area contributed by atoms with Gasteiger partial charge in [-0.3, -0.25) is 4.79 Å². The number of aryl methyl sites for hydroxylation is 2. The minimum atomic E-state index is -0.843. The highest BCUT2D eigenvalue weighted by Gasteiger charge is 2.18. The molecule has 4 heteroatoms. The van der Waals surface area contributed by atoms with E-state index >= 15 is 0 Å². The molecule has 2 N–H and O–H groups in total. The zero-order chi connectivity index (χ0) is 15.2. The molecule has 0 radical (unpaired) electrons. The summed E-state index contributed by atoms with van der Waals surface area (Å²) in [5.74, 6) is 0.680. The molecule has 0 bridgehead atoms. The molecule has 0 aliphatic carbocycles. The van der Waals surface area contributed by atoms with Gasteiger partial charge in [-0.25, -0.2) is 0 Å². The van der Waals surface area contributed by atoms with Crippen molar-refractivity contribution < 1.29 is 14.6 Å². The first kappa shape index (κ1) is 16.5. The van der Waals surface area contributed by atoms with E-state index in [1.807, 2.05) is 32.9 Å². The maximum atomic E-state index is 11.6. The van der Waals surface area contributed by atoms with Crippen LogP contribution in [0.1, 0.15) is 37.8 Å². The molecule has 112 valence electrons. The molecule has 1 amide bonds. The van der Waals surface area contributed by atoms with E-state index in [1.165, 1.54) is 0 Å². The van der Waals surface area contributed by atoms with Gasteiger partial charge >= 0.3 is 0 Å². The summed E-state index contributed by atoms with van der Waals surface area (Å²) in [5, 5.41) is 12.5. The number of hydrogen-bond acceptors (Lipinski definition) is 3.